The Morgan fingerprint density at radius 2 is 2.00 bits per heavy atom. The molecule has 1 aliphatic rings. The van der Waals surface area contributed by atoms with E-state index in [0.717, 1.165) is 17.0 Å². The summed E-state index contributed by atoms with van der Waals surface area (Å²) < 4.78 is 70.1. The van der Waals surface area contributed by atoms with E-state index >= 15 is 0 Å². The summed E-state index contributed by atoms with van der Waals surface area (Å²) in [6.45, 7) is -0.0808. The molecule has 0 unspecified atom stereocenters. The molecule has 5 nitrogen and oxygen atoms in total. The molecule has 1 saturated heterocycles. The lowest BCUT2D eigenvalue weighted by Gasteiger charge is -2.25. The van der Waals surface area contributed by atoms with E-state index in [0.29, 0.717) is 18.9 Å². The molecule has 0 aliphatic carbocycles. The predicted molar refractivity (Wildman–Crippen MR) is 74.1 cm³/mol. The summed E-state index contributed by atoms with van der Waals surface area (Å²) in [6.07, 6.45) is -6.00. The van der Waals surface area contributed by atoms with E-state index in [2.05, 4.69) is 0 Å². The highest BCUT2D eigenvalue weighted by molar-refractivity contribution is 5.65. The first-order valence-corrected chi connectivity index (χ1v) is 7.01. The minimum atomic E-state index is -5.79. The summed E-state index contributed by atoms with van der Waals surface area (Å²) in [4.78, 5) is 12.1. The van der Waals surface area contributed by atoms with Gasteiger partial charge in [-0.1, -0.05) is 0 Å². The minimum Gasteiger partial charge on any atom is -0.491 e. The number of hydrogen-bond acceptors (Lipinski definition) is 3. The molecule has 0 bridgehead atoms. The second-order valence-electron chi connectivity index (χ2n) is 5.41. The molecule has 1 aliphatic heterocycles. The zero-order chi connectivity index (χ0) is 18.1. The molecule has 1 fully saturated rings. The molecular weight excluding hydrogens is 339 g/mol. The van der Waals surface area contributed by atoms with Crippen LogP contribution in [0.15, 0.2) is 18.2 Å². The van der Waals surface area contributed by atoms with Crippen LogP contribution in [0.5, 0.6) is 5.75 Å². The van der Waals surface area contributed by atoms with Gasteiger partial charge in [-0.25, -0.2) is 4.79 Å². The normalized spacial score (nSPS) is 18.7. The number of nitrogens with zero attached hydrogens (tertiary/aromatic N) is 1. The molecule has 1 heterocycles. The molecular formula is C14H15F5N2O3. The van der Waals surface area contributed by atoms with Crippen molar-refractivity contribution in [3.8, 4) is 5.75 Å². The third-order valence-electron chi connectivity index (χ3n) is 3.75. The number of anilines is 1. The summed E-state index contributed by atoms with van der Waals surface area (Å²) in [7, 11) is 0. The van der Waals surface area contributed by atoms with Crippen molar-refractivity contribution in [1.82, 2.24) is 4.90 Å². The van der Waals surface area contributed by atoms with Crippen LogP contribution in [0.2, 0.25) is 0 Å². The number of benzene rings is 1. The molecule has 0 spiro atoms. The maximum atomic E-state index is 13.6. The SMILES string of the molecule is Nc1ccc(C(F)(F)C(F)(F)F)c(OC[C@@H]2CCCN2C(=O)O)c1. The largest absolute Gasteiger partial charge is 0.491 e. The Kier molecular flexibility index (Phi) is 4.77. The van der Waals surface area contributed by atoms with Gasteiger partial charge in [0.25, 0.3) is 0 Å². The zero-order valence-corrected chi connectivity index (χ0v) is 12.3. The van der Waals surface area contributed by atoms with E-state index in [-0.39, 0.29) is 18.8 Å². The van der Waals surface area contributed by atoms with E-state index in [9.17, 15) is 26.7 Å². The van der Waals surface area contributed by atoms with Crippen molar-refractivity contribution in [2.24, 2.45) is 0 Å². The average Bonchev–Trinajstić information content (AvgIpc) is 2.92. The van der Waals surface area contributed by atoms with Gasteiger partial charge in [0.1, 0.15) is 12.4 Å². The van der Waals surface area contributed by atoms with Gasteiger partial charge >= 0.3 is 18.2 Å². The van der Waals surface area contributed by atoms with Gasteiger partial charge in [-0.15, -0.1) is 0 Å². The second-order valence-corrected chi connectivity index (χ2v) is 5.41. The smallest absolute Gasteiger partial charge is 0.458 e. The Balaban J connectivity index is 2.24. The van der Waals surface area contributed by atoms with Crippen LogP contribution in [-0.4, -0.2) is 41.5 Å². The van der Waals surface area contributed by atoms with Gasteiger partial charge in [0.15, 0.2) is 0 Å². The number of carbonyl (C=O) groups is 1. The van der Waals surface area contributed by atoms with Crippen LogP contribution in [0.1, 0.15) is 18.4 Å². The Morgan fingerprint density at radius 3 is 2.58 bits per heavy atom. The predicted octanol–water partition coefficient (Wildman–Crippen LogP) is 3.44. The second kappa shape index (κ2) is 6.33. The number of hydrogen-bond donors (Lipinski definition) is 2. The van der Waals surface area contributed by atoms with E-state index < -0.39 is 35.5 Å². The molecule has 24 heavy (non-hydrogen) atoms. The maximum Gasteiger partial charge on any atom is 0.458 e. The van der Waals surface area contributed by atoms with Crippen molar-refractivity contribution in [2.75, 3.05) is 18.9 Å². The van der Waals surface area contributed by atoms with Crippen LogP contribution in [0.4, 0.5) is 32.4 Å². The van der Waals surface area contributed by atoms with Crippen molar-refractivity contribution < 1.29 is 36.6 Å². The number of carboxylic acid groups (broad SMARTS) is 1. The minimum absolute atomic E-state index is 0.0479. The molecule has 0 radical (unpaired) electrons. The van der Waals surface area contributed by atoms with Crippen molar-refractivity contribution in [1.29, 1.82) is 0 Å². The third kappa shape index (κ3) is 3.46. The highest BCUT2D eigenvalue weighted by Crippen LogP contribution is 2.47. The summed E-state index contributed by atoms with van der Waals surface area (Å²) in [5, 5.41) is 9.00. The quantitative estimate of drug-likeness (QED) is 0.642. The Bertz CT molecular complexity index is 621. The molecule has 1 amide bonds. The Labute approximate surface area is 133 Å². The van der Waals surface area contributed by atoms with Crippen molar-refractivity contribution in [3.05, 3.63) is 23.8 Å². The molecule has 134 valence electrons. The molecule has 2 rings (SSSR count). The van der Waals surface area contributed by atoms with Crippen LogP contribution in [0, 0.1) is 0 Å². The van der Waals surface area contributed by atoms with Crippen molar-refractivity contribution >= 4 is 11.8 Å². The number of alkyl halides is 5. The Morgan fingerprint density at radius 1 is 1.33 bits per heavy atom. The fourth-order valence-corrected chi connectivity index (χ4v) is 2.52. The first-order valence-electron chi connectivity index (χ1n) is 7.01. The molecule has 0 saturated carbocycles. The monoisotopic (exact) mass is 354 g/mol. The van der Waals surface area contributed by atoms with Crippen LogP contribution in [0.25, 0.3) is 0 Å². The lowest BCUT2D eigenvalue weighted by atomic mass is 10.1. The molecule has 3 N–H and O–H groups in total. The Hall–Kier alpha value is -2.26. The van der Waals surface area contributed by atoms with Gasteiger partial charge in [-0.3, -0.25) is 0 Å². The first kappa shape index (κ1) is 18.1. The lowest BCUT2D eigenvalue weighted by molar-refractivity contribution is -0.289. The highest BCUT2D eigenvalue weighted by atomic mass is 19.4. The topological polar surface area (TPSA) is 75.8 Å². The average molecular weight is 354 g/mol. The van der Waals surface area contributed by atoms with E-state index in [1.54, 1.807) is 0 Å². The number of nitrogen functional groups attached to an aromatic ring is 1. The standard InChI is InChI=1S/C14H15F5N2O3/c15-13(16,14(17,18)19)10-4-3-8(20)6-11(10)24-7-9-2-1-5-21(9)12(22)23/h3-4,6,9H,1-2,5,7,20H2,(H,22,23)/t9-/m0/s1. The lowest BCUT2D eigenvalue weighted by Crippen LogP contribution is -2.38. The molecule has 0 aromatic heterocycles. The zero-order valence-electron chi connectivity index (χ0n) is 12.3. The van der Waals surface area contributed by atoms with Crippen molar-refractivity contribution in [3.63, 3.8) is 0 Å². The molecule has 1 aromatic rings. The summed E-state index contributed by atoms with van der Waals surface area (Å²) in [5.41, 5.74) is 4.02. The summed E-state index contributed by atoms with van der Waals surface area (Å²) in [6, 6.07) is 1.73. The number of amides is 1. The van der Waals surface area contributed by atoms with Gasteiger partial charge < -0.3 is 20.5 Å². The summed E-state index contributed by atoms with van der Waals surface area (Å²) in [5.74, 6) is -5.83. The summed E-state index contributed by atoms with van der Waals surface area (Å²) >= 11 is 0. The maximum absolute atomic E-state index is 13.6. The van der Waals surface area contributed by atoms with Crippen LogP contribution in [-0.2, 0) is 5.92 Å². The van der Waals surface area contributed by atoms with E-state index in [4.69, 9.17) is 15.6 Å². The van der Waals surface area contributed by atoms with Gasteiger partial charge in [0, 0.05) is 18.3 Å². The van der Waals surface area contributed by atoms with Crippen molar-refractivity contribution in [2.45, 2.75) is 31.0 Å². The molecule has 1 atom stereocenters. The molecule has 1 aromatic carbocycles. The number of nitrogens with two attached hydrogens (primary N) is 1. The molecule has 10 heteroatoms. The number of ether oxygens (including phenoxy) is 1. The van der Waals surface area contributed by atoms with Gasteiger partial charge in [-0.2, -0.15) is 22.0 Å². The van der Waals surface area contributed by atoms with Gasteiger partial charge in [-0.05, 0) is 25.0 Å². The van der Waals surface area contributed by atoms with Crippen LogP contribution < -0.4 is 10.5 Å². The number of rotatable bonds is 4. The first-order chi connectivity index (χ1) is 11.0. The van der Waals surface area contributed by atoms with Crippen LogP contribution >= 0.6 is 0 Å². The van der Waals surface area contributed by atoms with Gasteiger partial charge in [0.05, 0.1) is 11.6 Å². The number of likely N-dealkylation sites (tertiary alicyclic amines) is 1. The fourth-order valence-electron chi connectivity index (χ4n) is 2.52. The number of halogens is 5. The van der Waals surface area contributed by atoms with E-state index in [1.165, 1.54) is 0 Å². The fraction of sp³-hybridized carbons (Fsp3) is 0.500. The van der Waals surface area contributed by atoms with E-state index in [1.807, 2.05) is 0 Å². The van der Waals surface area contributed by atoms with Gasteiger partial charge in [0.2, 0.25) is 0 Å². The highest BCUT2D eigenvalue weighted by Gasteiger charge is 2.60. The van der Waals surface area contributed by atoms with Crippen LogP contribution in [0.3, 0.4) is 0 Å². The third-order valence-corrected chi connectivity index (χ3v) is 3.75.